The summed E-state index contributed by atoms with van der Waals surface area (Å²) in [5.41, 5.74) is 0. The van der Waals surface area contributed by atoms with E-state index < -0.39 is 0 Å². The highest BCUT2D eigenvalue weighted by Gasteiger charge is 2.28. The van der Waals surface area contributed by atoms with Gasteiger partial charge < -0.3 is 0 Å². The van der Waals surface area contributed by atoms with Crippen LogP contribution in [0.4, 0.5) is 0 Å². The molecule has 3 rings (SSSR count). The average molecular weight is 393 g/mol. The fourth-order valence-corrected chi connectivity index (χ4v) is 6.40. The van der Waals surface area contributed by atoms with Gasteiger partial charge >= 0.3 is 0 Å². The predicted octanol–water partition coefficient (Wildman–Crippen LogP) is 10.1. The molecule has 0 N–H and O–H groups in total. The Morgan fingerprint density at radius 1 is 0.393 bits per heavy atom. The van der Waals surface area contributed by atoms with E-state index in [4.69, 9.17) is 0 Å². The van der Waals surface area contributed by atoms with Crippen LogP contribution in [0, 0.1) is 35.5 Å². The standard InChI is InChI=1S/C24H44.C3H8.CH4/c1-3-19-5-9-21(10-6-19)17-23-13-15-24(16-14-23)18-22-11-7-20(4-2)8-12-22;1-3-2;/h19-24H,3-18H2,1-2H3;3H2,1-2H3;1H4. The van der Waals surface area contributed by atoms with Gasteiger partial charge in [-0.1, -0.05) is 131 Å². The summed E-state index contributed by atoms with van der Waals surface area (Å²) in [6, 6.07) is 0. The maximum atomic E-state index is 2.39. The molecule has 0 spiro atoms. The summed E-state index contributed by atoms with van der Waals surface area (Å²) in [6.45, 7) is 9.03. The van der Waals surface area contributed by atoms with Gasteiger partial charge in [-0.15, -0.1) is 0 Å². The Labute approximate surface area is 180 Å². The van der Waals surface area contributed by atoms with Gasteiger partial charge in [0, 0.05) is 0 Å². The van der Waals surface area contributed by atoms with Gasteiger partial charge in [-0.3, -0.25) is 0 Å². The Kier molecular flexibility index (Phi) is 13.9. The van der Waals surface area contributed by atoms with Crippen LogP contribution in [0.25, 0.3) is 0 Å². The maximum absolute atomic E-state index is 2.39. The van der Waals surface area contributed by atoms with Crippen LogP contribution >= 0.6 is 0 Å². The molecule has 0 radical (unpaired) electrons. The molecule has 0 atom stereocenters. The summed E-state index contributed by atoms with van der Waals surface area (Å²) in [7, 11) is 0. The molecule has 168 valence electrons. The Morgan fingerprint density at radius 3 is 0.750 bits per heavy atom. The monoisotopic (exact) mass is 392 g/mol. The summed E-state index contributed by atoms with van der Waals surface area (Å²) in [6.07, 6.45) is 25.9. The summed E-state index contributed by atoms with van der Waals surface area (Å²) < 4.78 is 0. The Bertz CT molecular complexity index is 301. The van der Waals surface area contributed by atoms with Gasteiger partial charge in [-0.2, -0.15) is 0 Å². The second-order valence-electron chi connectivity index (χ2n) is 10.7. The van der Waals surface area contributed by atoms with E-state index >= 15 is 0 Å². The largest absolute Gasteiger partial charge is 0.0776 e. The minimum absolute atomic E-state index is 0. The molecule has 3 saturated carbocycles. The minimum atomic E-state index is 0. The van der Waals surface area contributed by atoms with Crippen molar-refractivity contribution in [1.29, 1.82) is 0 Å². The molecule has 0 saturated heterocycles. The van der Waals surface area contributed by atoms with Crippen LogP contribution in [0.1, 0.15) is 144 Å². The van der Waals surface area contributed by atoms with Crippen molar-refractivity contribution in [3.8, 4) is 0 Å². The first kappa shape index (κ1) is 26.0. The lowest BCUT2D eigenvalue weighted by Gasteiger charge is -2.36. The smallest absolute Gasteiger partial charge is 0.0411 e. The van der Waals surface area contributed by atoms with Gasteiger partial charge in [0.2, 0.25) is 0 Å². The molecule has 0 bridgehead atoms. The summed E-state index contributed by atoms with van der Waals surface area (Å²) in [5, 5.41) is 0. The molecule has 3 fully saturated rings. The molecule has 28 heavy (non-hydrogen) atoms. The normalized spacial score (nSPS) is 36.0. The summed E-state index contributed by atoms with van der Waals surface area (Å²) in [5.74, 6) is 6.53. The quantitative estimate of drug-likeness (QED) is 0.421. The highest BCUT2D eigenvalue weighted by Crippen LogP contribution is 2.42. The van der Waals surface area contributed by atoms with Gasteiger partial charge in [-0.05, 0) is 48.3 Å². The van der Waals surface area contributed by atoms with Gasteiger partial charge in [0.05, 0.1) is 0 Å². The van der Waals surface area contributed by atoms with E-state index in [1.54, 1.807) is 64.2 Å². The number of hydrogen-bond donors (Lipinski definition) is 0. The van der Waals surface area contributed by atoms with E-state index in [1.165, 1.54) is 44.9 Å². The van der Waals surface area contributed by atoms with Crippen LogP contribution in [0.5, 0.6) is 0 Å². The molecule has 3 aliphatic carbocycles. The maximum Gasteiger partial charge on any atom is -0.0411 e. The second-order valence-corrected chi connectivity index (χ2v) is 10.7. The molecule has 0 unspecified atom stereocenters. The van der Waals surface area contributed by atoms with E-state index in [9.17, 15) is 0 Å². The third-order valence-electron chi connectivity index (χ3n) is 8.39. The molecule has 3 aliphatic rings. The molecular weight excluding hydrogens is 336 g/mol. The Balaban J connectivity index is 0.000000921. The molecule has 0 amide bonds. The van der Waals surface area contributed by atoms with E-state index in [-0.39, 0.29) is 7.43 Å². The molecule has 0 aromatic heterocycles. The van der Waals surface area contributed by atoms with Crippen LogP contribution in [0.15, 0.2) is 0 Å². The van der Waals surface area contributed by atoms with E-state index in [0.717, 1.165) is 35.5 Å². The lowest BCUT2D eigenvalue weighted by atomic mass is 9.70. The molecule has 0 aromatic carbocycles. The van der Waals surface area contributed by atoms with E-state index in [1.807, 2.05) is 0 Å². The second kappa shape index (κ2) is 14.9. The summed E-state index contributed by atoms with van der Waals surface area (Å²) >= 11 is 0. The SMILES string of the molecule is C.CCC.CCC1CCC(CC2CCC(CC3CCC(CC)CC3)CC2)CC1. The van der Waals surface area contributed by atoms with Gasteiger partial charge in [-0.25, -0.2) is 0 Å². The highest BCUT2D eigenvalue weighted by molar-refractivity contribution is 4.81. The fourth-order valence-electron chi connectivity index (χ4n) is 6.40. The fraction of sp³-hybridized carbons (Fsp3) is 1.00. The first-order valence-electron chi connectivity index (χ1n) is 13.2. The van der Waals surface area contributed by atoms with Crippen molar-refractivity contribution in [2.75, 3.05) is 0 Å². The Hall–Kier alpha value is 0. The van der Waals surface area contributed by atoms with E-state index in [2.05, 4.69) is 27.7 Å². The minimum Gasteiger partial charge on any atom is -0.0776 e. The first-order chi connectivity index (χ1) is 13.2. The lowest BCUT2D eigenvalue weighted by Crippen LogP contribution is -2.23. The predicted molar refractivity (Wildman–Crippen MR) is 129 cm³/mol. The first-order valence-corrected chi connectivity index (χ1v) is 13.2. The van der Waals surface area contributed by atoms with Crippen molar-refractivity contribution in [2.24, 2.45) is 35.5 Å². The van der Waals surface area contributed by atoms with Crippen LogP contribution in [0.2, 0.25) is 0 Å². The molecule has 0 aromatic rings. The van der Waals surface area contributed by atoms with Crippen LogP contribution in [0.3, 0.4) is 0 Å². The number of rotatable bonds is 6. The number of hydrogen-bond acceptors (Lipinski definition) is 0. The van der Waals surface area contributed by atoms with Gasteiger partial charge in [0.15, 0.2) is 0 Å². The highest BCUT2D eigenvalue weighted by atomic mass is 14.3. The third-order valence-corrected chi connectivity index (χ3v) is 8.39. The van der Waals surface area contributed by atoms with Crippen LogP contribution in [-0.4, -0.2) is 0 Å². The van der Waals surface area contributed by atoms with E-state index in [0.29, 0.717) is 0 Å². The van der Waals surface area contributed by atoms with Crippen molar-refractivity contribution in [3.05, 3.63) is 0 Å². The van der Waals surface area contributed by atoms with Crippen molar-refractivity contribution >= 4 is 0 Å². The summed E-state index contributed by atoms with van der Waals surface area (Å²) in [4.78, 5) is 0. The topological polar surface area (TPSA) is 0 Å². The third kappa shape index (κ3) is 9.21. The molecule has 0 nitrogen and oxygen atoms in total. The van der Waals surface area contributed by atoms with Crippen molar-refractivity contribution in [3.63, 3.8) is 0 Å². The van der Waals surface area contributed by atoms with Crippen LogP contribution < -0.4 is 0 Å². The van der Waals surface area contributed by atoms with Gasteiger partial charge in [0.1, 0.15) is 0 Å². The molecule has 0 aliphatic heterocycles. The van der Waals surface area contributed by atoms with Gasteiger partial charge in [0.25, 0.3) is 0 Å². The molecule has 0 heteroatoms. The lowest BCUT2D eigenvalue weighted by molar-refractivity contribution is 0.163. The van der Waals surface area contributed by atoms with Crippen molar-refractivity contribution in [2.45, 2.75) is 144 Å². The van der Waals surface area contributed by atoms with Crippen molar-refractivity contribution < 1.29 is 0 Å². The Morgan fingerprint density at radius 2 is 0.571 bits per heavy atom. The molecule has 0 heterocycles. The van der Waals surface area contributed by atoms with Crippen molar-refractivity contribution in [1.82, 2.24) is 0 Å². The average Bonchev–Trinajstić information content (AvgIpc) is 2.71. The zero-order chi connectivity index (χ0) is 19.5. The molecular formula is C28H56. The zero-order valence-corrected chi connectivity index (χ0v) is 19.5. The zero-order valence-electron chi connectivity index (χ0n) is 19.5. The van der Waals surface area contributed by atoms with Crippen LogP contribution in [-0.2, 0) is 0 Å².